The molecule has 0 saturated carbocycles. The highest BCUT2D eigenvalue weighted by molar-refractivity contribution is 5.90. The van der Waals surface area contributed by atoms with Crippen molar-refractivity contribution in [2.45, 2.75) is 6.04 Å². The molecule has 0 aliphatic heterocycles. The van der Waals surface area contributed by atoms with Gasteiger partial charge in [-0.3, -0.25) is 9.78 Å². The van der Waals surface area contributed by atoms with Gasteiger partial charge >= 0.3 is 0 Å². The predicted molar refractivity (Wildman–Crippen MR) is 63.2 cm³/mol. The minimum Gasteiger partial charge on any atom is -0.341 e. The third-order valence-electron chi connectivity index (χ3n) is 2.28. The molecule has 5 heteroatoms. The summed E-state index contributed by atoms with van der Waals surface area (Å²) in [7, 11) is 0. The Hall–Kier alpha value is -2.43. The minimum absolute atomic E-state index is 0.274. The molecule has 2 heterocycles. The van der Waals surface area contributed by atoms with Gasteiger partial charge in [-0.05, 0) is 11.6 Å². The lowest BCUT2D eigenvalue weighted by Crippen LogP contribution is -2.28. The van der Waals surface area contributed by atoms with Gasteiger partial charge in [0.25, 0.3) is 5.91 Å². The minimum atomic E-state index is -0.277. The lowest BCUT2D eigenvalue weighted by Gasteiger charge is -2.13. The van der Waals surface area contributed by atoms with Gasteiger partial charge in [-0.15, -0.1) is 6.58 Å². The number of hydrogen-bond acceptors (Lipinski definition) is 3. The van der Waals surface area contributed by atoms with Gasteiger partial charge < -0.3 is 10.3 Å². The van der Waals surface area contributed by atoms with Crippen molar-refractivity contribution >= 4 is 5.91 Å². The van der Waals surface area contributed by atoms with Gasteiger partial charge in [-0.1, -0.05) is 12.1 Å². The number of imidazole rings is 1. The summed E-state index contributed by atoms with van der Waals surface area (Å²) in [6, 6.07) is 3.41. The van der Waals surface area contributed by atoms with Crippen molar-refractivity contribution < 1.29 is 4.79 Å². The van der Waals surface area contributed by atoms with Crippen LogP contribution in [0.4, 0.5) is 0 Å². The van der Waals surface area contributed by atoms with Crippen molar-refractivity contribution in [1.29, 1.82) is 0 Å². The van der Waals surface area contributed by atoms with Crippen LogP contribution in [-0.4, -0.2) is 20.9 Å². The average molecular weight is 228 g/mol. The first-order valence-electron chi connectivity index (χ1n) is 5.14. The van der Waals surface area contributed by atoms with E-state index in [2.05, 4.69) is 26.8 Å². The zero-order valence-corrected chi connectivity index (χ0v) is 9.13. The quantitative estimate of drug-likeness (QED) is 0.778. The number of hydrogen-bond donors (Lipinski definition) is 2. The van der Waals surface area contributed by atoms with E-state index in [9.17, 15) is 4.79 Å². The van der Waals surface area contributed by atoms with Gasteiger partial charge in [0.2, 0.25) is 0 Å². The fraction of sp³-hybridized carbons (Fsp3) is 0.0833. The predicted octanol–water partition coefficient (Wildman–Crippen LogP) is 1.46. The molecule has 0 bridgehead atoms. The van der Waals surface area contributed by atoms with Crippen LogP contribution in [0.2, 0.25) is 0 Å². The van der Waals surface area contributed by atoms with E-state index in [1.165, 1.54) is 6.20 Å². The van der Waals surface area contributed by atoms with Crippen molar-refractivity contribution in [3.8, 4) is 0 Å². The van der Waals surface area contributed by atoms with E-state index in [0.717, 1.165) is 5.56 Å². The molecule has 86 valence electrons. The van der Waals surface area contributed by atoms with Gasteiger partial charge in [0, 0.05) is 24.8 Å². The first-order chi connectivity index (χ1) is 8.31. The maximum absolute atomic E-state index is 11.8. The third-order valence-corrected chi connectivity index (χ3v) is 2.28. The van der Waals surface area contributed by atoms with E-state index in [1.807, 2.05) is 12.1 Å². The van der Waals surface area contributed by atoms with Crippen molar-refractivity contribution in [1.82, 2.24) is 20.3 Å². The van der Waals surface area contributed by atoms with Crippen molar-refractivity contribution in [2.24, 2.45) is 0 Å². The van der Waals surface area contributed by atoms with Crippen LogP contribution in [0.15, 0.2) is 49.6 Å². The summed E-state index contributed by atoms with van der Waals surface area (Å²) in [4.78, 5) is 22.4. The first kappa shape index (κ1) is 11.1. The standard InChI is InChI=1S/C12H12N4O/c1-2-10(9-4-3-5-13-8-9)16-12(17)11-14-6-7-15-11/h2-8,10H,1H2,(H,14,15)(H,16,17). The Morgan fingerprint density at radius 1 is 1.53 bits per heavy atom. The van der Waals surface area contributed by atoms with Crippen molar-refractivity contribution in [3.05, 3.63) is 61.0 Å². The molecule has 2 aromatic rings. The molecular formula is C12H12N4O. The number of H-pyrrole nitrogens is 1. The second kappa shape index (κ2) is 5.07. The molecule has 0 fully saturated rings. The number of carbonyl (C=O) groups is 1. The molecular weight excluding hydrogens is 216 g/mol. The van der Waals surface area contributed by atoms with Gasteiger partial charge in [0.05, 0.1) is 6.04 Å². The van der Waals surface area contributed by atoms with Crippen LogP contribution < -0.4 is 5.32 Å². The summed E-state index contributed by atoms with van der Waals surface area (Å²) in [5.74, 6) is 0.00416. The topological polar surface area (TPSA) is 70.7 Å². The number of amides is 1. The zero-order valence-electron chi connectivity index (χ0n) is 9.13. The maximum Gasteiger partial charge on any atom is 0.287 e. The largest absolute Gasteiger partial charge is 0.341 e. The highest BCUT2D eigenvalue weighted by Crippen LogP contribution is 2.12. The maximum atomic E-state index is 11.8. The highest BCUT2D eigenvalue weighted by Gasteiger charge is 2.14. The molecule has 0 saturated heterocycles. The van der Waals surface area contributed by atoms with Crippen molar-refractivity contribution in [3.63, 3.8) is 0 Å². The number of aromatic amines is 1. The summed E-state index contributed by atoms with van der Waals surface area (Å²) in [5.41, 5.74) is 0.877. The Balaban J connectivity index is 2.11. The molecule has 0 aliphatic rings. The van der Waals surface area contributed by atoms with Crippen LogP contribution in [0.5, 0.6) is 0 Å². The number of nitrogens with zero attached hydrogens (tertiary/aromatic N) is 2. The zero-order chi connectivity index (χ0) is 12.1. The SMILES string of the molecule is C=CC(NC(=O)c1ncc[nH]1)c1cccnc1. The Bertz CT molecular complexity index is 492. The number of carbonyl (C=O) groups excluding carboxylic acids is 1. The third kappa shape index (κ3) is 2.57. The molecule has 2 rings (SSSR count). The Morgan fingerprint density at radius 2 is 2.41 bits per heavy atom. The molecule has 17 heavy (non-hydrogen) atoms. The Kier molecular flexibility index (Phi) is 3.30. The van der Waals surface area contributed by atoms with Crippen LogP contribution >= 0.6 is 0 Å². The molecule has 0 spiro atoms. The molecule has 0 radical (unpaired) electrons. The van der Waals surface area contributed by atoms with Gasteiger partial charge in [-0.2, -0.15) is 0 Å². The molecule has 1 amide bonds. The molecule has 1 unspecified atom stereocenters. The summed E-state index contributed by atoms with van der Waals surface area (Å²) in [6.07, 6.45) is 8.15. The van der Waals surface area contributed by atoms with Crippen LogP contribution in [0.3, 0.4) is 0 Å². The second-order valence-electron chi connectivity index (χ2n) is 3.41. The fourth-order valence-electron chi connectivity index (χ4n) is 1.44. The Morgan fingerprint density at radius 3 is 3.00 bits per heavy atom. The van der Waals surface area contributed by atoms with E-state index < -0.39 is 0 Å². The van der Waals surface area contributed by atoms with Crippen LogP contribution in [-0.2, 0) is 0 Å². The van der Waals surface area contributed by atoms with Crippen molar-refractivity contribution in [2.75, 3.05) is 0 Å². The van der Waals surface area contributed by atoms with E-state index in [-0.39, 0.29) is 17.8 Å². The lowest BCUT2D eigenvalue weighted by molar-refractivity contribution is 0.0934. The molecule has 2 N–H and O–H groups in total. The average Bonchev–Trinajstić information content (AvgIpc) is 2.90. The molecule has 1 atom stereocenters. The number of pyridine rings is 1. The van der Waals surface area contributed by atoms with Crippen LogP contribution in [0.1, 0.15) is 22.2 Å². The van der Waals surface area contributed by atoms with E-state index in [1.54, 1.807) is 24.7 Å². The molecule has 0 aliphatic carbocycles. The monoisotopic (exact) mass is 228 g/mol. The normalized spacial score (nSPS) is 11.8. The summed E-state index contributed by atoms with van der Waals surface area (Å²) in [6.45, 7) is 3.70. The molecule has 5 nitrogen and oxygen atoms in total. The van der Waals surface area contributed by atoms with E-state index >= 15 is 0 Å². The summed E-state index contributed by atoms with van der Waals surface area (Å²) >= 11 is 0. The van der Waals surface area contributed by atoms with E-state index in [0.29, 0.717) is 0 Å². The fourth-order valence-corrected chi connectivity index (χ4v) is 1.44. The number of aromatic nitrogens is 3. The smallest absolute Gasteiger partial charge is 0.287 e. The van der Waals surface area contributed by atoms with Gasteiger partial charge in [0.1, 0.15) is 0 Å². The highest BCUT2D eigenvalue weighted by atomic mass is 16.2. The summed E-state index contributed by atoms with van der Waals surface area (Å²) < 4.78 is 0. The lowest BCUT2D eigenvalue weighted by atomic mass is 10.1. The second-order valence-corrected chi connectivity index (χ2v) is 3.41. The molecule has 2 aromatic heterocycles. The molecule has 0 aromatic carbocycles. The van der Waals surface area contributed by atoms with Crippen LogP contribution in [0, 0.1) is 0 Å². The van der Waals surface area contributed by atoms with Gasteiger partial charge in [-0.25, -0.2) is 4.98 Å². The Labute approximate surface area is 98.6 Å². The first-order valence-corrected chi connectivity index (χ1v) is 5.14. The number of nitrogens with one attached hydrogen (secondary N) is 2. The number of rotatable bonds is 4. The summed E-state index contributed by atoms with van der Waals surface area (Å²) in [5, 5.41) is 2.79. The van der Waals surface area contributed by atoms with Crippen LogP contribution in [0.25, 0.3) is 0 Å². The van der Waals surface area contributed by atoms with Gasteiger partial charge in [0.15, 0.2) is 5.82 Å². The van der Waals surface area contributed by atoms with E-state index in [4.69, 9.17) is 0 Å².